The second-order valence-corrected chi connectivity index (χ2v) is 12.7. The number of hydrogen-bond acceptors (Lipinski definition) is 2. The Kier molecular flexibility index (Phi) is 14.7. The normalized spacial score (nSPS) is 14.2. The molecular formula is C27H50O2Si. The third-order valence-electron chi connectivity index (χ3n) is 5.84. The van der Waals surface area contributed by atoms with Crippen LogP contribution in [-0.4, -0.2) is 21.2 Å². The fourth-order valence-electron chi connectivity index (χ4n) is 3.92. The lowest BCUT2D eigenvalue weighted by molar-refractivity contribution is -0.0222. The van der Waals surface area contributed by atoms with Crippen molar-refractivity contribution in [1.29, 1.82) is 0 Å². The summed E-state index contributed by atoms with van der Waals surface area (Å²) in [7, 11) is -1.08. The second kappa shape index (κ2) is 16.1. The molecule has 0 aromatic heterocycles. The van der Waals surface area contributed by atoms with Gasteiger partial charge in [0.2, 0.25) is 0 Å². The zero-order valence-electron chi connectivity index (χ0n) is 20.9. The van der Waals surface area contributed by atoms with E-state index in [1.807, 2.05) is 0 Å². The summed E-state index contributed by atoms with van der Waals surface area (Å²) in [6.45, 7) is 14.5. The summed E-state index contributed by atoms with van der Waals surface area (Å²) < 4.78 is 12.9. The largest absolute Gasteiger partial charge is 0.417 e. The van der Waals surface area contributed by atoms with E-state index in [1.54, 1.807) is 0 Å². The fraction of sp³-hybridized carbons (Fsp3) is 0.778. The van der Waals surface area contributed by atoms with Gasteiger partial charge in [0.1, 0.15) is 0 Å². The molecule has 0 saturated heterocycles. The van der Waals surface area contributed by atoms with Crippen LogP contribution in [0.4, 0.5) is 0 Å². The number of ether oxygens (including phenoxy) is 1. The minimum atomic E-state index is -1.08. The van der Waals surface area contributed by atoms with Crippen molar-refractivity contribution in [3.8, 4) is 0 Å². The summed E-state index contributed by atoms with van der Waals surface area (Å²) in [6.07, 6.45) is 15.1. The number of rotatable bonds is 17. The van der Waals surface area contributed by atoms with Crippen molar-refractivity contribution in [2.75, 3.05) is 0 Å². The van der Waals surface area contributed by atoms with Gasteiger partial charge in [0.25, 0.3) is 0 Å². The van der Waals surface area contributed by atoms with Gasteiger partial charge >= 0.3 is 0 Å². The fourth-order valence-corrected chi connectivity index (χ4v) is 5.10. The quantitative estimate of drug-likeness (QED) is 0.181. The standard InChI is InChI=1S/C27H50O2Si/c1-7-8-9-10-11-12-13-14-18-21-25(28-23-24-19-16-15-17-20-24)22-26(27(2,3)4)29-30(5)6/h15-17,19-20,25-26,30H,7-14,18,21-23H2,1-6H3/t25?,26-/m1/s1. The first-order valence-corrected chi connectivity index (χ1v) is 15.4. The molecule has 0 bridgehead atoms. The molecule has 2 nitrogen and oxygen atoms in total. The molecule has 0 heterocycles. The van der Waals surface area contributed by atoms with Crippen molar-refractivity contribution in [3.05, 3.63) is 35.9 Å². The van der Waals surface area contributed by atoms with Gasteiger partial charge in [-0.2, -0.15) is 0 Å². The lowest BCUT2D eigenvalue weighted by Crippen LogP contribution is -2.36. The molecule has 0 radical (unpaired) electrons. The van der Waals surface area contributed by atoms with Crippen LogP contribution in [0.25, 0.3) is 0 Å². The third-order valence-corrected chi connectivity index (χ3v) is 6.71. The predicted molar refractivity (Wildman–Crippen MR) is 135 cm³/mol. The molecule has 30 heavy (non-hydrogen) atoms. The zero-order chi connectivity index (χ0) is 22.2. The maximum atomic E-state index is 6.45. The van der Waals surface area contributed by atoms with Gasteiger partial charge in [0.15, 0.2) is 9.04 Å². The lowest BCUT2D eigenvalue weighted by Gasteiger charge is -2.35. The molecule has 0 N–H and O–H groups in total. The molecule has 174 valence electrons. The molecule has 1 rings (SSSR count). The Labute approximate surface area is 189 Å². The Morgan fingerprint density at radius 2 is 1.40 bits per heavy atom. The van der Waals surface area contributed by atoms with E-state index in [1.165, 1.54) is 63.4 Å². The highest BCUT2D eigenvalue weighted by atomic mass is 28.3. The van der Waals surface area contributed by atoms with Crippen molar-refractivity contribution in [2.45, 2.75) is 130 Å². The second-order valence-electron chi connectivity index (χ2n) is 10.3. The van der Waals surface area contributed by atoms with Gasteiger partial charge in [0, 0.05) is 0 Å². The summed E-state index contributed by atoms with van der Waals surface area (Å²) in [5.41, 5.74) is 1.42. The highest BCUT2D eigenvalue weighted by Crippen LogP contribution is 2.29. The maximum absolute atomic E-state index is 6.45. The number of benzene rings is 1. The SMILES string of the molecule is CCCCCCCCCCCC(C[C@@H](O[SiH](C)C)C(C)(C)C)OCc1ccccc1. The first-order valence-electron chi connectivity index (χ1n) is 12.6. The van der Waals surface area contributed by atoms with E-state index in [9.17, 15) is 0 Å². The maximum Gasteiger partial charge on any atom is 0.171 e. The Balaban J connectivity index is 2.49. The first kappa shape index (κ1) is 27.4. The molecule has 2 atom stereocenters. The van der Waals surface area contributed by atoms with Crippen LogP contribution in [0.5, 0.6) is 0 Å². The Hall–Kier alpha value is -0.643. The van der Waals surface area contributed by atoms with Gasteiger partial charge in [-0.05, 0) is 36.9 Å². The van der Waals surface area contributed by atoms with Crippen LogP contribution in [0.3, 0.4) is 0 Å². The van der Waals surface area contributed by atoms with Gasteiger partial charge in [-0.3, -0.25) is 0 Å². The van der Waals surface area contributed by atoms with Gasteiger partial charge in [0.05, 0.1) is 18.8 Å². The van der Waals surface area contributed by atoms with Gasteiger partial charge in [-0.1, -0.05) is 116 Å². The van der Waals surface area contributed by atoms with E-state index in [-0.39, 0.29) is 17.6 Å². The summed E-state index contributed by atoms with van der Waals surface area (Å²) in [6, 6.07) is 10.6. The van der Waals surface area contributed by atoms with Crippen LogP contribution in [0, 0.1) is 5.41 Å². The van der Waals surface area contributed by atoms with Crippen molar-refractivity contribution < 1.29 is 9.16 Å². The Morgan fingerprint density at radius 3 is 1.93 bits per heavy atom. The highest BCUT2D eigenvalue weighted by Gasteiger charge is 2.29. The lowest BCUT2D eigenvalue weighted by atomic mass is 9.85. The van der Waals surface area contributed by atoms with Crippen LogP contribution in [0.15, 0.2) is 30.3 Å². The zero-order valence-corrected chi connectivity index (χ0v) is 22.1. The molecule has 1 aromatic rings. The van der Waals surface area contributed by atoms with Gasteiger partial charge in [-0.25, -0.2) is 0 Å². The third kappa shape index (κ3) is 13.6. The molecular weight excluding hydrogens is 384 g/mol. The molecule has 3 heteroatoms. The van der Waals surface area contributed by atoms with Crippen molar-refractivity contribution in [1.82, 2.24) is 0 Å². The Bertz CT molecular complexity index is 509. The number of unbranched alkanes of at least 4 members (excludes halogenated alkanes) is 8. The molecule has 0 aliphatic heterocycles. The average Bonchev–Trinajstić information content (AvgIpc) is 2.69. The van der Waals surface area contributed by atoms with Crippen LogP contribution in [0.2, 0.25) is 13.1 Å². The van der Waals surface area contributed by atoms with Crippen LogP contribution < -0.4 is 0 Å². The summed E-state index contributed by atoms with van der Waals surface area (Å²) in [5.74, 6) is 0. The monoisotopic (exact) mass is 434 g/mol. The van der Waals surface area contributed by atoms with Crippen LogP contribution in [0.1, 0.15) is 104 Å². The average molecular weight is 435 g/mol. The number of hydrogen-bond donors (Lipinski definition) is 0. The van der Waals surface area contributed by atoms with Crippen LogP contribution in [-0.2, 0) is 15.8 Å². The smallest absolute Gasteiger partial charge is 0.171 e. The van der Waals surface area contributed by atoms with E-state index in [4.69, 9.17) is 9.16 Å². The molecule has 0 saturated carbocycles. The molecule has 1 unspecified atom stereocenters. The molecule has 0 spiro atoms. The first-order chi connectivity index (χ1) is 14.3. The van der Waals surface area contributed by atoms with E-state index < -0.39 is 9.04 Å². The van der Waals surface area contributed by atoms with Crippen molar-refractivity contribution in [3.63, 3.8) is 0 Å². The van der Waals surface area contributed by atoms with E-state index >= 15 is 0 Å². The van der Waals surface area contributed by atoms with Crippen molar-refractivity contribution >= 4 is 9.04 Å². The van der Waals surface area contributed by atoms with Gasteiger partial charge in [-0.15, -0.1) is 0 Å². The minimum Gasteiger partial charge on any atom is -0.417 e. The molecule has 0 aliphatic carbocycles. The minimum absolute atomic E-state index is 0.157. The topological polar surface area (TPSA) is 18.5 Å². The van der Waals surface area contributed by atoms with Gasteiger partial charge < -0.3 is 9.16 Å². The molecule has 0 fully saturated rings. The Morgan fingerprint density at radius 1 is 0.833 bits per heavy atom. The summed E-state index contributed by atoms with van der Waals surface area (Å²) in [5, 5.41) is 0. The van der Waals surface area contributed by atoms with E-state index in [2.05, 4.69) is 71.1 Å². The molecule has 0 amide bonds. The van der Waals surface area contributed by atoms with E-state index in [0.717, 1.165) is 12.8 Å². The molecule has 1 aromatic carbocycles. The summed E-state index contributed by atoms with van der Waals surface area (Å²) >= 11 is 0. The van der Waals surface area contributed by atoms with E-state index in [0.29, 0.717) is 6.61 Å². The summed E-state index contributed by atoms with van der Waals surface area (Å²) in [4.78, 5) is 0. The predicted octanol–water partition coefficient (Wildman–Crippen LogP) is 8.30. The molecule has 0 aliphatic rings. The highest BCUT2D eigenvalue weighted by molar-refractivity contribution is 6.48. The van der Waals surface area contributed by atoms with Crippen molar-refractivity contribution in [2.24, 2.45) is 5.41 Å². The van der Waals surface area contributed by atoms with Crippen LogP contribution >= 0.6 is 0 Å².